The molecule has 25 heavy (non-hydrogen) atoms. The maximum Gasteiger partial charge on any atom is 0.231 e. The number of amides is 1. The summed E-state index contributed by atoms with van der Waals surface area (Å²) in [6.45, 7) is 3.48. The first-order valence-corrected chi connectivity index (χ1v) is 8.55. The number of nitrogens with zero attached hydrogens (tertiary/aromatic N) is 4. The van der Waals surface area contributed by atoms with Crippen molar-refractivity contribution in [1.82, 2.24) is 19.2 Å². The molecular formula is C18H21N5O2. The Labute approximate surface area is 145 Å². The van der Waals surface area contributed by atoms with Crippen molar-refractivity contribution in [1.29, 1.82) is 0 Å². The van der Waals surface area contributed by atoms with Crippen molar-refractivity contribution in [3.05, 3.63) is 48.0 Å². The number of ether oxygens (including phenoxy) is 1. The van der Waals surface area contributed by atoms with Gasteiger partial charge >= 0.3 is 0 Å². The maximum atomic E-state index is 12.5. The molecule has 0 aromatic carbocycles. The summed E-state index contributed by atoms with van der Waals surface area (Å²) in [5.74, 6) is 0.666. The second-order valence-corrected chi connectivity index (χ2v) is 6.36. The van der Waals surface area contributed by atoms with Crippen molar-refractivity contribution in [2.75, 3.05) is 18.5 Å². The lowest BCUT2D eigenvalue weighted by Crippen LogP contribution is -2.24. The Hall–Kier alpha value is -2.67. The van der Waals surface area contributed by atoms with Crippen molar-refractivity contribution < 1.29 is 9.53 Å². The molecule has 4 heterocycles. The molecule has 1 aliphatic heterocycles. The van der Waals surface area contributed by atoms with Crippen LogP contribution in [-0.2, 0) is 16.0 Å². The zero-order valence-corrected chi connectivity index (χ0v) is 14.2. The standard InChI is InChI=1S/C18H21N5O2/c1-13-3-2-8-22-15(12-19-18(13)22)11-17(24)21-16-4-7-20-23(16)14-5-9-25-10-6-14/h2-4,7-8,12,14H,5-6,9-11H2,1H3,(H,21,24). The molecule has 4 rings (SSSR count). The Bertz CT molecular complexity index is 892. The third-order valence-corrected chi connectivity index (χ3v) is 4.62. The Morgan fingerprint density at radius 3 is 3.04 bits per heavy atom. The van der Waals surface area contributed by atoms with E-state index in [-0.39, 0.29) is 18.4 Å². The fourth-order valence-corrected chi connectivity index (χ4v) is 3.32. The molecule has 0 spiro atoms. The highest BCUT2D eigenvalue weighted by molar-refractivity contribution is 5.91. The summed E-state index contributed by atoms with van der Waals surface area (Å²) in [6, 6.07) is 6.09. The predicted octanol–water partition coefficient (Wildman–Crippen LogP) is 2.37. The Kier molecular flexibility index (Phi) is 4.23. The Morgan fingerprint density at radius 2 is 2.20 bits per heavy atom. The van der Waals surface area contributed by atoms with E-state index in [0.29, 0.717) is 0 Å². The van der Waals surface area contributed by atoms with E-state index in [2.05, 4.69) is 15.4 Å². The molecule has 0 atom stereocenters. The fraction of sp³-hybridized carbons (Fsp3) is 0.389. The molecule has 7 heteroatoms. The number of rotatable bonds is 4. The van der Waals surface area contributed by atoms with Crippen molar-refractivity contribution in [2.45, 2.75) is 32.2 Å². The van der Waals surface area contributed by atoms with E-state index < -0.39 is 0 Å². The largest absolute Gasteiger partial charge is 0.381 e. The number of imidazole rings is 1. The van der Waals surface area contributed by atoms with Crippen LogP contribution in [-0.4, -0.2) is 38.3 Å². The smallest absolute Gasteiger partial charge is 0.231 e. The lowest BCUT2D eigenvalue weighted by molar-refractivity contribution is -0.115. The highest BCUT2D eigenvalue weighted by atomic mass is 16.5. The molecule has 1 saturated heterocycles. The number of aromatic nitrogens is 4. The summed E-state index contributed by atoms with van der Waals surface area (Å²) in [6.07, 6.45) is 7.52. The molecule has 0 aliphatic carbocycles. The van der Waals surface area contributed by atoms with Gasteiger partial charge in [0.15, 0.2) is 0 Å². The van der Waals surface area contributed by atoms with Gasteiger partial charge in [-0.25, -0.2) is 9.67 Å². The minimum atomic E-state index is -0.0721. The van der Waals surface area contributed by atoms with Gasteiger partial charge in [-0.3, -0.25) is 4.79 Å². The lowest BCUT2D eigenvalue weighted by atomic mass is 10.1. The average molecular weight is 339 g/mol. The second kappa shape index (κ2) is 6.68. The van der Waals surface area contributed by atoms with Crippen LogP contribution in [0.1, 0.15) is 30.1 Å². The molecule has 130 valence electrons. The van der Waals surface area contributed by atoms with Crippen LogP contribution in [0.2, 0.25) is 0 Å². The highest BCUT2D eigenvalue weighted by Crippen LogP contribution is 2.24. The monoisotopic (exact) mass is 339 g/mol. The normalized spacial score (nSPS) is 15.6. The van der Waals surface area contributed by atoms with E-state index in [1.54, 1.807) is 12.4 Å². The van der Waals surface area contributed by atoms with Gasteiger partial charge in [-0.05, 0) is 31.4 Å². The van der Waals surface area contributed by atoms with Gasteiger partial charge in [0.25, 0.3) is 0 Å². The van der Waals surface area contributed by atoms with E-state index in [9.17, 15) is 4.79 Å². The number of hydrogen-bond donors (Lipinski definition) is 1. The zero-order chi connectivity index (χ0) is 17.2. The minimum absolute atomic E-state index is 0.0721. The van der Waals surface area contributed by atoms with Crippen LogP contribution < -0.4 is 5.32 Å². The third kappa shape index (κ3) is 3.15. The van der Waals surface area contributed by atoms with E-state index >= 15 is 0 Å². The molecule has 1 N–H and O–H groups in total. The average Bonchev–Trinajstić information content (AvgIpc) is 3.24. The summed E-state index contributed by atoms with van der Waals surface area (Å²) in [7, 11) is 0. The summed E-state index contributed by atoms with van der Waals surface area (Å²) in [4.78, 5) is 16.9. The number of nitrogens with one attached hydrogen (secondary N) is 1. The van der Waals surface area contributed by atoms with Crippen LogP contribution in [0.4, 0.5) is 5.82 Å². The number of hydrogen-bond acceptors (Lipinski definition) is 4. The SMILES string of the molecule is Cc1cccn2c(CC(=O)Nc3ccnn3C3CCOCC3)cnc12. The Balaban J connectivity index is 1.49. The van der Waals surface area contributed by atoms with E-state index in [0.717, 1.165) is 48.8 Å². The first kappa shape index (κ1) is 15.8. The van der Waals surface area contributed by atoms with E-state index in [1.807, 2.05) is 40.4 Å². The lowest BCUT2D eigenvalue weighted by Gasteiger charge is -2.24. The van der Waals surface area contributed by atoms with Crippen LogP contribution >= 0.6 is 0 Å². The van der Waals surface area contributed by atoms with Gasteiger partial charge in [-0.15, -0.1) is 0 Å². The Morgan fingerprint density at radius 1 is 1.36 bits per heavy atom. The molecule has 3 aromatic rings. The van der Waals surface area contributed by atoms with E-state index in [4.69, 9.17) is 4.74 Å². The number of anilines is 1. The van der Waals surface area contributed by atoms with Gasteiger partial charge in [0.05, 0.1) is 24.4 Å². The van der Waals surface area contributed by atoms with Gasteiger partial charge in [0.1, 0.15) is 11.5 Å². The predicted molar refractivity (Wildman–Crippen MR) is 93.6 cm³/mol. The van der Waals surface area contributed by atoms with Gasteiger partial charge in [0, 0.05) is 31.7 Å². The zero-order valence-electron chi connectivity index (χ0n) is 14.2. The number of fused-ring (bicyclic) bond motifs is 1. The first-order chi connectivity index (χ1) is 12.2. The third-order valence-electron chi connectivity index (χ3n) is 4.62. The number of aryl methyl sites for hydroxylation is 1. The summed E-state index contributed by atoms with van der Waals surface area (Å²) in [5, 5.41) is 7.37. The molecule has 1 fully saturated rings. The van der Waals surface area contributed by atoms with E-state index in [1.165, 1.54) is 0 Å². The van der Waals surface area contributed by atoms with Crippen molar-refractivity contribution in [3.63, 3.8) is 0 Å². The topological polar surface area (TPSA) is 73.5 Å². The molecule has 3 aromatic heterocycles. The minimum Gasteiger partial charge on any atom is -0.381 e. The van der Waals surface area contributed by atoms with Crippen molar-refractivity contribution >= 4 is 17.4 Å². The quantitative estimate of drug-likeness (QED) is 0.792. The number of pyridine rings is 1. The molecule has 0 radical (unpaired) electrons. The summed E-state index contributed by atoms with van der Waals surface area (Å²) < 4.78 is 9.27. The van der Waals surface area contributed by atoms with Gasteiger partial charge in [-0.1, -0.05) is 6.07 Å². The molecule has 0 bridgehead atoms. The van der Waals surface area contributed by atoms with Crippen LogP contribution in [0.5, 0.6) is 0 Å². The second-order valence-electron chi connectivity index (χ2n) is 6.36. The number of carbonyl (C=O) groups excluding carboxylic acids is 1. The molecule has 1 amide bonds. The highest BCUT2D eigenvalue weighted by Gasteiger charge is 2.20. The molecule has 0 saturated carbocycles. The van der Waals surface area contributed by atoms with Crippen molar-refractivity contribution in [3.8, 4) is 0 Å². The summed E-state index contributed by atoms with van der Waals surface area (Å²) >= 11 is 0. The van der Waals surface area contributed by atoms with Crippen LogP contribution in [0, 0.1) is 6.92 Å². The first-order valence-electron chi connectivity index (χ1n) is 8.55. The molecular weight excluding hydrogens is 318 g/mol. The summed E-state index contributed by atoms with van der Waals surface area (Å²) in [5.41, 5.74) is 2.85. The molecule has 1 aliphatic rings. The van der Waals surface area contributed by atoms with Crippen LogP contribution in [0.15, 0.2) is 36.8 Å². The van der Waals surface area contributed by atoms with Crippen LogP contribution in [0.3, 0.4) is 0 Å². The molecule has 0 unspecified atom stereocenters. The van der Waals surface area contributed by atoms with Gasteiger partial charge in [-0.2, -0.15) is 5.10 Å². The number of carbonyl (C=O) groups is 1. The van der Waals surface area contributed by atoms with Gasteiger partial charge < -0.3 is 14.5 Å². The van der Waals surface area contributed by atoms with Crippen molar-refractivity contribution in [2.24, 2.45) is 0 Å². The maximum absolute atomic E-state index is 12.5. The van der Waals surface area contributed by atoms with Crippen LogP contribution in [0.25, 0.3) is 5.65 Å². The molecule has 7 nitrogen and oxygen atoms in total. The van der Waals surface area contributed by atoms with Gasteiger partial charge in [0.2, 0.25) is 5.91 Å². The fourth-order valence-electron chi connectivity index (χ4n) is 3.32.